The molecule has 16 heavy (non-hydrogen) atoms. The van der Waals surface area contributed by atoms with Crippen LogP contribution in [0.4, 0.5) is 0 Å². The third-order valence-corrected chi connectivity index (χ3v) is 3.11. The van der Waals surface area contributed by atoms with Crippen LogP contribution in [0.25, 0.3) is 0 Å². The standard InChI is InChI=1S/C13H28N2O/c1-4-9-12(2)15(3)13(16)10-7-5-6-8-11-14/h12H,4-11,14H2,1-3H3. The largest absolute Gasteiger partial charge is 0.343 e. The molecule has 0 heterocycles. The average molecular weight is 228 g/mol. The zero-order valence-electron chi connectivity index (χ0n) is 11.2. The Morgan fingerprint density at radius 3 is 2.44 bits per heavy atom. The summed E-state index contributed by atoms with van der Waals surface area (Å²) in [6.07, 6.45) is 7.27. The highest BCUT2D eigenvalue weighted by atomic mass is 16.2. The molecule has 96 valence electrons. The van der Waals surface area contributed by atoms with E-state index in [1.54, 1.807) is 0 Å². The summed E-state index contributed by atoms with van der Waals surface area (Å²) >= 11 is 0. The van der Waals surface area contributed by atoms with Crippen LogP contribution < -0.4 is 5.73 Å². The zero-order valence-corrected chi connectivity index (χ0v) is 11.2. The Kier molecular flexibility index (Phi) is 9.30. The average Bonchev–Trinajstić information content (AvgIpc) is 2.27. The molecule has 0 saturated heterocycles. The lowest BCUT2D eigenvalue weighted by Crippen LogP contribution is -2.34. The molecule has 0 bridgehead atoms. The Balaban J connectivity index is 3.62. The van der Waals surface area contributed by atoms with E-state index in [1.807, 2.05) is 11.9 Å². The normalized spacial score (nSPS) is 12.5. The Labute approximate surface area is 100 Å². The van der Waals surface area contributed by atoms with Gasteiger partial charge in [0.2, 0.25) is 5.91 Å². The molecule has 0 aromatic heterocycles. The van der Waals surface area contributed by atoms with Crippen LogP contribution in [-0.4, -0.2) is 30.4 Å². The van der Waals surface area contributed by atoms with Gasteiger partial charge in [0.1, 0.15) is 0 Å². The second-order valence-electron chi connectivity index (χ2n) is 4.60. The molecule has 1 atom stereocenters. The Morgan fingerprint density at radius 1 is 1.25 bits per heavy atom. The summed E-state index contributed by atoms with van der Waals surface area (Å²) in [6, 6.07) is 0.376. The Bertz CT molecular complexity index is 183. The first-order valence-electron chi connectivity index (χ1n) is 6.59. The van der Waals surface area contributed by atoms with Crippen LogP contribution >= 0.6 is 0 Å². The number of hydrogen-bond donors (Lipinski definition) is 1. The van der Waals surface area contributed by atoms with Crippen molar-refractivity contribution in [3.05, 3.63) is 0 Å². The topological polar surface area (TPSA) is 46.3 Å². The fourth-order valence-corrected chi connectivity index (χ4v) is 1.81. The predicted molar refractivity (Wildman–Crippen MR) is 69.3 cm³/mol. The quantitative estimate of drug-likeness (QED) is 0.616. The molecule has 0 aliphatic carbocycles. The van der Waals surface area contributed by atoms with Crippen molar-refractivity contribution in [1.29, 1.82) is 0 Å². The third-order valence-electron chi connectivity index (χ3n) is 3.11. The van der Waals surface area contributed by atoms with E-state index >= 15 is 0 Å². The minimum atomic E-state index is 0.286. The van der Waals surface area contributed by atoms with Crippen LogP contribution in [0, 0.1) is 0 Å². The maximum Gasteiger partial charge on any atom is 0.222 e. The van der Waals surface area contributed by atoms with Crippen molar-refractivity contribution in [3.8, 4) is 0 Å². The maximum absolute atomic E-state index is 11.8. The summed E-state index contributed by atoms with van der Waals surface area (Å²) in [5, 5.41) is 0. The number of carbonyl (C=O) groups excluding carboxylic acids is 1. The van der Waals surface area contributed by atoms with Crippen LogP contribution in [0.3, 0.4) is 0 Å². The van der Waals surface area contributed by atoms with Gasteiger partial charge < -0.3 is 10.6 Å². The van der Waals surface area contributed by atoms with Crippen molar-refractivity contribution in [1.82, 2.24) is 4.90 Å². The van der Waals surface area contributed by atoms with Gasteiger partial charge in [-0.1, -0.05) is 26.2 Å². The van der Waals surface area contributed by atoms with E-state index < -0.39 is 0 Å². The number of nitrogens with two attached hydrogens (primary N) is 1. The smallest absolute Gasteiger partial charge is 0.222 e. The van der Waals surface area contributed by atoms with E-state index in [4.69, 9.17) is 5.73 Å². The first kappa shape index (κ1) is 15.4. The molecule has 0 radical (unpaired) electrons. The maximum atomic E-state index is 11.8. The summed E-state index contributed by atoms with van der Waals surface area (Å²) in [7, 11) is 1.92. The van der Waals surface area contributed by atoms with Crippen molar-refractivity contribution in [3.63, 3.8) is 0 Å². The summed E-state index contributed by atoms with van der Waals surface area (Å²) in [6.45, 7) is 5.04. The molecule has 0 aliphatic rings. The van der Waals surface area contributed by atoms with E-state index in [0.717, 1.165) is 45.1 Å². The third kappa shape index (κ3) is 6.83. The molecule has 3 heteroatoms. The van der Waals surface area contributed by atoms with Crippen molar-refractivity contribution in [2.24, 2.45) is 5.73 Å². The number of hydrogen-bond acceptors (Lipinski definition) is 2. The summed E-state index contributed by atoms with van der Waals surface area (Å²) < 4.78 is 0. The van der Waals surface area contributed by atoms with Gasteiger partial charge in [-0.05, 0) is 32.7 Å². The van der Waals surface area contributed by atoms with Crippen LogP contribution in [0.15, 0.2) is 0 Å². The van der Waals surface area contributed by atoms with Gasteiger partial charge >= 0.3 is 0 Å². The molecule has 0 aromatic carbocycles. The molecule has 0 saturated carbocycles. The lowest BCUT2D eigenvalue weighted by molar-refractivity contribution is -0.131. The van der Waals surface area contributed by atoms with E-state index in [0.29, 0.717) is 12.5 Å². The van der Waals surface area contributed by atoms with Crippen molar-refractivity contribution in [2.45, 2.75) is 64.8 Å². The van der Waals surface area contributed by atoms with Crippen LogP contribution in [0.5, 0.6) is 0 Å². The highest BCUT2D eigenvalue weighted by Crippen LogP contribution is 2.09. The van der Waals surface area contributed by atoms with E-state index in [-0.39, 0.29) is 5.91 Å². The molecule has 3 nitrogen and oxygen atoms in total. The van der Waals surface area contributed by atoms with Crippen molar-refractivity contribution >= 4 is 5.91 Å². The van der Waals surface area contributed by atoms with Crippen LogP contribution in [-0.2, 0) is 4.79 Å². The molecule has 0 rings (SSSR count). The van der Waals surface area contributed by atoms with Gasteiger partial charge in [0, 0.05) is 19.5 Å². The van der Waals surface area contributed by atoms with Gasteiger partial charge in [-0.25, -0.2) is 0 Å². The van der Waals surface area contributed by atoms with Crippen LogP contribution in [0.1, 0.15) is 58.8 Å². The molecule has 0 fully saturated rings. The highest BCUT2D eigenvalue weighted by Gasteiger charge is 2.13. The molecule has 2 N–H and O–H groups in total. The number of unbranched alkanes of at least 4 members (excludes halogenated alkanes) is 3. The second-order valence-corrected chi connectivity index (χ2v) is 4.60. The number of rotatable bonds is 9. The lowest BCUT2D eigenvalue weighted by atomic mass is 10.1. The van der Waals surface area contributed by atoms with Crippen molar-refractivity contribution < 1.29 is 4.79 Å². The molecule has 0 spiro atoms. The van der Waals surface area contributed by atoms with Gasteiger partial charge in [-0.15, -0.1) is 0 Å². The minimum absolute atomic E-state index is 0.286. The number of carbonyl (C=O) groups is 1. The van der Waals surface area contributed by atoms with Crippen molar-refractivity contribution in [2.75, 3.05) is 13.6 Å². The molecular weight excluding hydrogens is 200 g/mol. The number of amides is 1. The number of nitrogens with zero attached hydrogens (tertiary/aromatic N) is 1. The molecule has 1 amide bonds. The fourth-order valence-electron chi connectivity index (χ4n) is 1.81. The zero-order chi connectivity index (χ0) is 12.4. The predicted octanol–water partition coefficient (Wildman–Crippen LogP) is 2.54. The fraction of sp³-hybridized carbons (Fsp3) is 0.923. The SMILES string of the molecule is CCCC(C)N(C)C(=O)CCCCCCN. The molecular formula is C13H28N2O. The summed E-state index contributed by atoms with van der Waals surface area (Å²) in [5.41, 5.74) is 5.42. The van der Waals surface area contributed by atoms with E-state index in [9.17, 15) is 4.79 Å². The van der Waals surface area contributed by atoms with E-state index in [1.165, 1.54) is 0 Å². The first-order chi connectivity index (χ1) is 7.63. The lowest BCUT2D eigenvalue weighted by Gasteiger charge is -2.24. The molecule has 1 unspecified atom stereocenters. The summed E-state index contributed by atoms with van der Waals surface area (Å²) in [5.74, 6) is 0.286. The van der Waals surface area contributed by atoms with Gasteiger partial charge in [0.15, 0.2) is 0 Å². The Morgan fingerprint density at radius 2 is 1.88 bits per heavy atom. The summed E-state index contributed by atoms with van der Waals surface area (Å²) in [4.78, 5) is 13.7. The van der Waals surface area contributed by atoms with Gasteiger partial charge in [0.25, 0.3) is 0 Å². The van der Waals surface area contributed by atoms with Gasteiger partial charge in [-0.3, -0.25) is 4.79 Å². The highest BCUT2D eigenvalue weighted by molar-refractivity contribution is 5.76. The monoisotopic (exact) mass is 228 g/mol. The second kappa shape index (κ2) is 9.64. The Hall–Kier alpha value is -0.570. The van der Waals surface area contributed by atoms with E-state index in [2.05, 4.69) is 13.8 Å². The first-order valence-corrected chi connectivity index (χ1v) is 6.59. The minimum Gasteiger partial charge on any atom is -0.343 e. The van der Waals surface area contributed by atoms with Gasteiger partial charge in [-0.2, -0.15) is 0 Å². The van der Waals surface area contributed by atoms with Crippen LogP contribution in [0.2, 0.25) is 0 Å². The molecule has 0 aromatic rings. The van der Waals surface area contributed by atoms with Gasteiger partial charge in [0.05, 0.1) is 0 Å². The molecule has 0 aliphatic heterocycles.